The van der Waals surface area contributed by atoms with Crippen molar-refractivity contribution in [1.82, 2.24) is 0 Å². The molecular formula is C40H74O29-2. The van der Waals surface area contributed by atoms with E-state index in [2.05, 4.69) is 9.47 Å². The van der Waals surface area contributed by atoms with Gasteiger partial charge in [-0.2, -0.15) is 0 Å². The average molecular weight is 1020 g/mol. The summed E-state index contributed by atoms with van der Waals surface area (Å²) in [5.41, 5.74) is 0. The SMILES string of the molecule is CC(=O)OCC1OCC[C@H](O)[C@@H]1O.COC.CO[C@@H]1OC(C(=O)C[O-])[C@@H](O[C@@H]2OC3COC(C)(CC(=O)[O-])O[C@H]3[C@@H](O)C2O)[C@@H](O)C1O.O.O.OCC1CCC(O)CO1.OCC1C[C@@H](O)C(O)CO1. The maximum Gasteiger partial charge on any atom is 0.302 e. The van der Waals surface area contributed by atoms with Crippen LogP contribution in [0.4, 0.5) is 0 Å². The van der Waals surface area contributed by atoms with E-state index in [1.807, 2.05) is 0 Å². The third-order valence-corrected chi connectivity index (χ3v) is 10.7. The van der Waals surface area contributed by atoms with Crippen LogP contribution in [0.1, 0.15) is 46.0 Å². The smallest absolute Gasteiger partial charge is 0.302 e. The molecule has 29 nitrogen and oxygen atoms in total. The number of fused-ring (bicyclic) bond motifs is 1. The molecule has 6 aliphatic rings. The number of carboxylic acids is 1. The molecule has 410 valence electrons. The zero-order valence-electron chi connectivity index (χ0n) is 39.0. The van der Waals surface area contributed by atoms with E-state index < -0.39 is 128 Å². The molecular weight excluding hydrogens is 944 g/mol. The van der Waals surface area contributed by atoms with Crippen LogP contribution < -0.4 is 10.2 Å². The molecule has 15 N–H and O–H groups in total. The lowest BCUT2D eigenvalue weighted by molar-refractivity contribution is -0.404. The first-order chi connectivity index (χ1) is 31.6. The van der Waals surface area contributed by atoms with E-state index in [-0.39, 0.29) is 62.3 Å². The summed E-state index contributed by atoms with van der Waals surface area (Å²) in [7, 11) is 4.41. The Kier molecular flexibility index (Phi) is 32.3. The second-order valence-electron chi connectivity index (χ2n) is 16.3. The molecule has 0 spiro atoms. The lowest BCUT2D eigenvalue weighted by Gasteiger charge is -2.50. The van der Waals surface area contributed by atoms with Gasteiger partial charge < -0.3 is 134 Å². The highest BCUT2D eigenvalue weighted by atomic mass is 16.8. The van der Waals surface area contributed by atoms with Crippen LogP contribution in [0.3, 0.4) is 0 Å². The fraction of sp³-hybridized carbons (Fsp3) is 0.925. The van der Waals surface area contributed by atoms with Crippen molar-refractivity contribution in [3.8, 4) is 0 Å². The van der Waals surface area contributed by atoms with Crippen LogP contribution in [0, 0.1) is 0 Å². The zero-order valence-corrected chi connectivity index (χ0v) is 39.0. The molecule has 6 saturated heterocycles. The summed E-state index contributed by atoms with van der Waals surface area (Å²) in [6, 6.07) is 0. The molecule has 69 heavy (non-hydrogen) atoms. The average Bonchev–Trinajstić information content (AvgIpc) is 3.29. The van der Waals surface area contributed by atoms with Gasteiger partial charge >= 0.3 is 5.97 Å². The molecule has 0 radical (unpaired) electrons. The number of carbonyl (C=O) groups is 3. The minimum atomic E-state index is -1.78. The molecule has 29 heteroatoms. The fourth-order valence-electron chi connectivity index (χ4n) is 7.02. The number of rotatable bonds is 11. The first kappa shape index (κ1) is 66.7. The lowest BCUT2D eigenvalue weighted by Crippen LogP contribution is -2.68. The van der Waals surface area contributed by atoms with Gasteiger partial charge in [-0.15, -0.1) is 0 Å². The zero-order chi connectivity index (χ0) is 50.6. The molecule has 0 bridgehead atoms. The highest BCUT2D eigenvalue weighted by Gasteiger charge is 2.55. The summed E-state index contributed by atoms with van der Waals surface area (Å²) < 4.78 is 56.0. The van der Waals surface area contributed by atoms with E-state index in [1.165, 1.54) is 13.8 Å². The Morgan fingerprint density at radius 3 is 1.86 bits per heavy atom. The summed E-state index contributed by atoms with van der Waals surface area (Å²) in [6.45, 7) is 1.99. The van der Waals surface area contributed by atoms with Crippen LogP contribution >= 0.6 is 0 Å². The van der Waals surface area contributed by atoms with Crippen molar-refractivity contribution in [1.29, 1.82) is 0 Å². The highest BCUT2D eigenvalue weighted by Crippen LogP contribution is 2.36. The summed E-state index contributed by atoms with van der Waals surface area (Å²) in [5.74, 6) is -4.51. The number of hydrogen-bond acceptors (Lipinski definition) is 27. The molecule has 0 aromatic rings. The summed E-state index contributed by atoms with van der Waals surface area (Å²) in [4.78, 5) is 33.4. The number of carboxylic acid groups (broad SMARTS) is 1. The lowest BCUT2D eigenvalue weighted by atomic mass is 9.94. The van der Waals surface area contributed by atoms with E-state index in [0.717, 1.165) is 20.0 Å². The van der Waals surface area contributed by atoms with Crippen molar-refractivity contribution in [2.75, 3.05) is 74.2 Å². The predicted octanol–water partition coefficient (Wildman–Crippen LogP) is -10.2. The van der Waals surface area contributed by atoms with Crippen LogP contribution in [0.5, 0.6) is 0 Å². The molecule has 0 aromatic heterocycles. The van der Waals surface area contributed by atoms with Gasteiger partial charge in [0.15, 0.2) is 18.4 Å². The number of aliphatic hydroxyl groups is 11. The minimum Gasteiger partial charge on any atom is -0.849 e. The molecule has 0 aromatic carbocycles. The van der Waals surface area contributed by atoms with Crippen molar-refractivity contribution in [3.63, 3.8) is 0 Å². The van der Waals surface area contributed by atoms with Gasteiger partial charge in [0.1, 0.15) is 79.5 Å². The number of aliphatic carboxylic acids is 1. The van der Waals surface area contributed by atoms with E-state index in [4.69, 9.17) is 68.2 Å². The summed E-state index contributed by atoms with van der Waals surface area (Å²) in [5, 5.41) is 126. The topological polar surface area (TPSA) is 484 Å². The molecule has 6 fully saturated rings. The molecule has 0 saturated carbocycles. The van der Waals surface area contributed by atoms with E-state index in [0.29, 0.717) is 26.1 Å². The number of esters is 1. The van der Waals surface area contributed by atoms with Gasteiger partial charge in [-0.3, -0.25) is 9.59 Å². The van der Waals surface area contributed by atoms with Gasteiger partial charge in [0, 0.05) is 53.7 Å². The highest BCUT2D eigenvalue weighted by molar-refractivity contribution is 5.84. The van der Waals surface area contributed by atoms with E-state index in [9.17, 15) is 55.2 Å². The third kappa shape index (κ3) is 21.3. The summed E-state index contributed by atoms with van der Waals surface area (Å²) >= 11 is 0. The van der Waals surface area contributed by atoms with Crippen LogP contribution in [-0.4, -0.2) is 275 Å². The number of ketones is 1. The van der Waals surface area contributed by atoms with Gasteiger partial charge in [0.25, 0.3) is 0 Å². The van der Waals surface area contributed by atoms with E-state index >= 15 is 0 Å². The standard InChI is InChI=1S/C18H27O14.C8H14O5.C6H12O4.C6H12O3.C2H6O.2H2O/c1-18(3-8(21)22)28-5-7-14(32-18)9(23)12(26)17(29-7)31-15-10(24)11(25)16(27-2)30-13(15)6(20)4-19;1-5(9)13-4-7-8(11)6(10)2-3-12-7;7-2-4-1-5(8)6(9)3-10-4;7-3-6-2-1-5(8)4-9-6;1-3-2;;/h7,9-17,23-26H,3-5H2,1-2H3,(H,21,22);6-8,10-11H,2-4H2,1H3;4-9H,1-3H2;5-8H,1-4H2;1-2H3;2*1H2/q-1;;;;;;/p-1/t7?,9-,10-,11?,12?,13?,14+,15-,16+,17-,18?;6-,7?,8-;4?,5-,6?;;;;/m001..../s1. The van der Waals surface area contributed by atoms with Crippen molar-refractivity contribution in [2.45, 2.75) is 162 Å². The Hall–Kier alpha value is -2.35. The Balaban J connectivity index is 0.00000102. The van der Waals surface area contributed by atoms with Gasteiger partial charge in [0.2, 0.25) is 0 Å². The maximum absolute atomic E-state index is 12.1. The Morgan fingerprint density at radius 2 is 1.33 bits per heavy atom. The largest absolute Gasteiger partial charge is 0.849 e. The van der Waals surface area contributed by atoms with Crippen LogP contribution in [0.25, 0.3) is 0 Å². The van der Waals surface area contributed by atoms with Crippen molar-refractivity contribution >= 4 is 17.7 Å². The van der Waals surface area contributed by atoms with Crippen LogP contribution in [0.2, 0.25) is 0 Å². The van der Waals surface area contributed by atoms with Crippen molar-refractivity contribution in [2.24, 2.45) is 0 Å². The Labute approximate surface area is 397 Å². The molecule has 19 atom stereocenters. The summed E-state index contributed by atoms with van der Waals surface area (Å²) in [6.07, 6.45) is -18.4. The van der Waals surface area contributed by atoms with Gasteiger partial charge in [-0.1, -0.05) is 6.61 Å². The molecule has 0 amide bonds. The number of methoxy groups -OCH3 is 2. The quantitative estimate of drug-likeness (QED) is 0.0856. The second-order valence-corrected chi connectivity index (χ2v) is 16.3. The first-order valence-corrected chi connectivity index (χ1v) is 21.4. The molecule has 6 rings (SSSR count). The number of Topliss-reactive ketones (excluding diaryl/α,β-unsaturated/α-hetero) is 1. The Morgan fingerprint density at radius 1 is 0.725 bits per heavy atom. The fourth-order valence-corrected chi connectivity index (χ4v) is 7.02. The number of ether oxygens (including phenoxy) is 11. The molecule has 0 aliphatic carbocycles. The Bertz CT molecular complexity index is 1410. The van der Waals surface area contributed by atoms with Crippen molar-refractivity contribution in [3.05, 3.63) is 0 Å². The number of carbonyl (C=O) groups excluding carboxylic acids is 3. The maximum atomic E-state index is 12.1. The molecule has 6 aliphatic heterocycles. The second kappa shape index (κ2) is 33.4. The normalized spacial score (nSPS) is 39.3. The van der Waals surface area contributed by atoms with Crippen LogP contribution in [-0.2, 0) is 66.5 Å². The van der Waals surface area contributed by atoms with Gasteiger partial charge in [-0.25, -0.2) is 0 Å². The minimum absolute atomic E-state index is 0. The van der Waals surface area contributed by atoms with E-state index in [1.54, 1.807) is 14.2 Å². The van der Waals surface area contributed by atoms with Crippen LogP contribution in [0.15, 0.2) is 0 Å². The van der Waals surface area contributed by atoms with Crippen molar-refractivity contribution < 1.29 is 144 Å². The number of aliphatic hydroxyl groups excluding tert-OH is 11. The van der Waals surface area contributed by atoms with Gasteiger partial charge in [-0.05, 0) is 26.2 Å². The third-order valence-electron chi connectivity index (χ3n) is 10.7. The first-order valence-electron chi connectivity index (χ1n) is 21.4. The van der Waals surface area contributed by atoms with Gasteiger partial charge in [0.05, 0.1) is 63.6 Å². The number of hydrogen-bond donors (Lipinski definition) is 11. The molecule has 6 heterocycles. The monoisotopic (exact) mass is 1020 g/mol. The molecule has 10 unspecified atom stereocenters. The predicted molar refractivity (Wildman–Crippen MR) is 221 cm³/mol.